The summed E-state index contributed by atoms with van der Waals surface area (Å²) in [6.07, 6.45) is 0.337. The van der Waals surface area contributed by atoms with E-state index < -0.39 is 10.8 Å². The molecular weight excluding hydrogens is 308 g/mol. The van der Waals surface area contributed by atoms with Crippen LogP contribution in [0.3, 0.4) is 0 Å². The third-order valence-corrected chi connectivity index (χ3v) is 6.68. The molecule has 2 aromatic carbocycles. The van der Waals surface area contributed by atoms with Crippen LogP contribution in [0.25, 0.3) is 0 Å². The van der Waals surface area contributed by atoms with E-state index in [2.05, 4.69) is 0 Å². The lowest BCUT2D eigenvalue weighted by Crippen LogP contribution is -2.33. The Balaban J connectivity index is 1.95. The molecule has 1 aliphatic heterocycles. The van der Waals surface area contributed by atoms with E-state index in [-0.39, 0.29) is 22.2 Å². The van der Waals surface area contributed by atoms with Crippen molar-refractivity contribution in [2.24, 2.45) is 5.92 Å². The molecule has 3 rings (SSSR count). The Kier molecular flexibility index (Phi) is 4.62. The quantitative estimate of drug-likeness (QED) is 0.860. The number of ketones is 1. The fourth-order valence-electron chi connectivity index (χ4n) is 3.13. The van der Waals surface area contributed by atoms with Gasteiger partial charge in [-0.05, 0) is 23.3 Å². The lowest BCUT2D eigenvalue weighted by molar-refractivity contribution is -0.122. The maximum atomic E-state index is 13.2. The van der Waals surface area contributed by atoms with Crippen molar-refractivity contribution in [1.29, 1.82) is 0 Å². The molecule has 0 amide bonds. The summed E-state index contributed by atoms with van der Waals surface area (Å²) in [5.74, 6) is 0.724. The van der Waals surface area contributed by atoms with Crippen molar-refractivity contribution in [3.8, 4) is 5.75 Å². The van der Waals surface area contributed by atoms with Crippen LogP contribution in [0.15, 0.2) is 54.6 Å². The van der Waals surface area contributed by atoms with Gasteiger partial charge in [0.2, 0.25) is 0 Å². The largest absolute Gasteiger partial charge is 0.497 e. The molecule has 0 N–H and O–H groups in total. The van der Waals surface area contributed by atoms with Crippen molar-refractivity contribution in [3.63, 3.8) is 0 Å². The van der Waals surface area contributed by atoms with Crippen molar-refractivity contribution in [3.05, 3.63) is 65.7 Å². The van der Waals surface area contributed by atoms with Gasteiger partial charge in [0.05, 0.1) is 17.6 Å². The van der Waals surface area contributed by atoms with E-state index in [4.69, 9.17) is 4.74 Å². The van der Waals surface area contributed by atoms with Gasteiger partial charge < -0.3 is 4.74 Å². The lowest BCUT2D eigenvalue weighted by atomic mass is 9.91. The average molecular weight is 328 g/mol. The number of carbonyl (C=O) groups excluding carboxylic acids is 1. The molecule has 4 atom stereocenters. The third kappa shape index (κ3) is 3.08. The molecule has 3 nitrogen and oxygen atoms in total. The molecule has 1 heterocycles. The molecule has 0 bridgehead atoms. The number of rotatable bonds is 3. The molecule has 1 aliphatic rings. The Morgan fingerprint density at radius 1 is 1.00 bits per heavy atom. The van der Waals surface area contributed by atoms with E-state index in [0.29, 0.717) is 6.42 Å². The topological polar surface area (TPSA) is 43.4 Å². The Bertz CT molecular complexity index is 709. The minimum absolute atomic E-state index is 0.180. The Morgan fingerprint density at radius 3 is 2.26 bits per heavy atom. The number of ether oxygens (including phenoxy) is 1. The zero-order valence-corrected chi connectivity index (χ0v) is 14.1. The van der Waals surface area contributed by atoms with Crippen LogP contribution < -0.4 is 4.74 Å². The Hall–Kier alpha value is -1.94. The lowest BCUT2D eigenvalue weighted by Gasteiger charge is -2.33. The van der Waals surface area contributed by atoms with E-state index >= 15 is 0 Å². The molecule has 120 valence electrons. The van der Waals surface area contributed by atoms with E-state index in [1.165, 1.54) is 0 Å². The fourth-order valence-corrected chi connectivity index (χ4v) is 5.22. The summed E-state index contributed by atoms with van der Waals surface area (Å²) < 4.78 is 18.3. The predicted octanol–water partition coefficient (Wildman–Crippen LogP) is 3.84. The summed E-state index contributed by atoms with van der Waals surface area (Å²) in [5.41, 5.74) is 1.91. The van der Waals surface area contributed by atoms with Gasteiger partial charge in [0.1, 0.15) is 11.5 Å². The zero-order chi connectivity index (χ0) is 16.4. The number of methoxy groups -OCH3 is 1. The second-order valence-electron chi connectivity index (χ2n) is 5.88. The molecule has 1 saturated heterocycles. The highest BCUT2D eigenvalue weighted by Gasteiger charge is 2.41. The predicted molar refractivity (Wildman–Crippen MR) is 91.8 cm³/mol. The smallest absolute Gasteiger partial charge is 0.138 e. The molecule has 23 heavy (non-hydrogen) atoms. The summed E-state index contributed by atoms with van der Waals surface area (Å²) in [6, 6.07) is 17.2. The molecule has 0 aliphatic carbocycles. The molecule has 1 unspecified atom stereocenters. The number of Topliss-reactive ketones (excluding diaryl/α,β-unsaturated/α-hetero) is 1. The highest BCUT2D eigenvalue weighted by Crippen LogP contribution is 2.43. The van der Waals surface area contributed by atoms with Crippen LogP contribution in [0.4, 0.5) is 0 Å². The second-order valence-corrected chi connectivity index (χ2v) is 7.61. The van der Waals surface area contributed by atoms with Gasteiger partial charge in [-0.1, -0.05) is 49.4 Å². The summed E-state index contributed by atoms with van der Waals surface area (Å²) in [7, 11) is 0.477. The molecule has 0 radical (unpaired) electrons. The van der Waals surface area contributed by atoms with Gasteiger partial charge in [-0.25, -0.2) is 0 Å². The first kappa shape index (κ1) is 15.9. The van der Waals surface area contributed by atoms with Crippen molar-refractivity contribution >= 4 is 16.6 Å². The molecule has 0 spiro atoms. The first-order chi connectivity index (χ1) is 11.1. The zero-order valence-electron chi connectivity index (χ0n) is 13.3. The van der Waals surface area contributed by atoms with Gasteiger partial charge in [0.25, 0.3) is 0 Å². The average Bonchev–Trinajstić information content (AvgIpc) is 2.59. The van der Waals surface area contributed by atoms with Crippen molar-refractivity contribution in [2.45, 2.75) is 23.8 Å². The number of benzene rings is 2. The molecule has 0 aromatic heterocycles. The molecular formula is C19H20O3S. The van der Waals surface area contributed by atoms with E-state index in [1.54, 1.807) is 7.11 Å². The molecule has 1 fully saturated rings. The third-order valence-electron chi connectivity index (χ3n) is 4.49. The van der Waals surface area contributed by atoms with Crippen LogP contribution in [0, 0.1) is 5.92 Å². The van der Waals surface area contributed by atoms with Crippen LogP contribution in [-0.2, 0) is 15.6 Å². The molecule has 0 saturated carbocycles. The molecule has 4 heteroatoms. The maximum Gasteiger partial charge on any atom is 0.138 e. The van der Waals surface area contributed by atoms with E-state index in [9.17, 15) is 9.00 Å². The Morgan fingerprint density at radius 2 is 1.65 bits per heavy atom. The first-order valence-corrected chi connectivity index (χ1v) is 9.00. The van der Waals surface area contributed by atoms with Gasteiger partial charge in [-0.15, -0.1) is 0 Å². The van der Waals surface area contributed by atoms with Crippen LogP contribution in [0.2, 0.25) is 0 Å². The van der Waals surface area contributed by atoms with Crippen molar-refractivity contribution < 1.29 is 13.7 Å². The van der Waals surface area contributed by atoms with Gasteiger partial charge in [-0.2, -0.15) is 0 Å². The highest BCUT2D eigenvalue weighted by molar-refractivity contribution is 7.85. The second kappa shape index (κ2) is 6.67. The van der Waals surface area contributed by atoms with E-state index in [0.717, 1.165) is 16.9 Å². The SMILES string of the molecule is COc1ccc([C@H]2CC(=O)[C@H](C)[C@@H](c3ccccc3)S2=O)cc1. The van der Waals surface area contributed by atoms with Crippen LogP contribution >= 0.6 is 0 Å². The van der Waals surface area contributed by atoms with Gasteiger partial charge in [0.15, 0.2) is 0 Å². The van der Waals surface area contributed by atoms with Crippen molar-refractivity contribution in [2.75, 3.05) is 7.11 Å². The summed E-state index contributed by atoms with van der Waals surface area (Å²) in [5, 5.41) is -0.501. The van der Waals surface area contributed by atoms with E-state index in [1.807, 2.05) is 61.5 Å². The van der Waals surface area contributed by atoms with Crippen LogP contribution in [-0.4, -0.2) is 17.1 Å². The van der Waals surface area contributed by atoms with Crippen LogP contribution in [0.5, 0.6) is 5.75 Å². The maximum absolute atomic E-state index is 13.2. The summed E-state index contributed by atoms with van der Waals surface area (Å²) in [6.45, 7) is 1.89. The minimum Gasteiger partial charge on any atom is -0.497 e. The first-order valence-electron chi connectivity index (χ1n) is 7.73. The molecule has 2 aromatic rings. The normalized spacial score (nSPS) is 27.7. The highest BCUT2D eigenvalue weighted by atomic mass is 32.2. The fraction of sp³-hybridized carbons (Fsp3) is 0.316. The van der Waals surface area contributed by atoms with Gasteiger partial charge >= 0.3 is 0 Å². The van der Waals surface area contributed by atoms with Crippen molar-refractivity contribution in [1.82, 2.24) is 0 Å². The summed E-state index contributed by atoms with van der Waals surface area (Å²) >= 11 is 0. The Labute approximate surface area is 139 Å². The van der Waals surface area contributed by atoms with Gasteiger partial charge in [0, 0.05) is 23.1 Å². The van der Waals surface area contributed by atoms with Crippen LogP contribution in [0.1, 0.15) is 35.0 Å². The summed E-state index contributed by atoms with van der Waals surface area (Å²) in [4.78, 5) is 12.5. The number of hydrogen-bond donors (Lipinski definition) is 0. The minimum atomic E-state index is -1.14. The number of carbonyl (C=O) groups is 1. The standard InChI is InChI=1S/C19H20O3S/c1-13-17(20)12-18(14-8-10-16(22-2)11-9-14)23(21)19(13)15-6-4-3-5-7-15/h3-11,13,18-19H,12H2,1-2H3/t13-,18+,19-,23?/m0/s1. The number of hydrogen-bond acceptors (Lipinski definition) is 3. The van der Waals surface area contributed by atoms with Gasteiger partial charge in [-0.3, -0.25) is 9.00 Å². The monoisotopic (exact) mass is 328 g/mol.